The van der Waals surface area contributed by atoms with Crippen molar-refractivity contribution in [1.29, 1.82) is 0 Å². The third kappa shape index (κ3) is 5.11. The fourth-order valence-corrected chi connectivity index (χ4v) is 6.87. The van der Waals surface area contributed by atoms with Crippen LogP contribution < -0.4 is 0 Å². The molecule has 8 heteroatoms. The largest absolute Gasteiger partial charge is 0.396 e. The van der Waals surface area contributed by atoms with Crippen molar-refractivity contribution < 1.29 is 24.2 Å². The first-order valence-electron chi connectivity index (χ1n) is 14.0. The number of likely N-dealkylation sites (N-methyl/N-ethyl adjacent to an activating group) is 1. The van der Waals surface area contributed by atoms with Crippen LogP contribution in [0.2, 0.25) is 0 Å². The summed E-state index contributed by atoms with van der Waals surface area (Å²) in [7, 11) is 1.73. The predicted molar refractivity (Wildman–Crippen MR) is 144 cm³/mol. The number of rotatable bonds is 15. The standard InChI is InChI=1S/C29H47N3O5/c1-7-10-17-31(16-9-3)27(36)24-29-20-21(4)28(5,37-29)22(25(34)30(6)15-8-2)23(29)26(35)32(24)18-13-11-12-14-19-33/h8-9,21-24,33H,2-3,7,10-20H2,1,4-6H3/t21?,22-,23-,24?,28+,29?/m0/s1. The number of unbranched alkanes of at least 4 members (excludes halogenated alkanes) is 4. The molecule has 0 radical (unpaired) electrons. The lowest BCUT2D eigenvalue weighted by molar-refractivity contribution is -0.154. The van der Waals surface area contributed by atoms with Crippen LogP contribution in [0.3, 0.4) is 0 Å². The lowest BCUT2D eigenvalue weighted by atomic mass is 9.62. The Morgan fingerprint density at radius 2 is 1.81 bits per heavy atom. The second-order valence-corrected chi connectivity index (χ2v) is 11.3. The molecule has 3 saturated heterocycles. The maximum Gasteiger partial charge on any atom is 0.248 e. The molecule has 0 saturated carbocycles. The highest BCUT2D eigenvalue weighted by Gasteiger charge is 2.80. The highest BCUT2D eigenvalue weighted by molar-refractivity contribution is 5.99. The van der Waals surface area contributed by atoms with Crippen LogP contribution in [0.25, 0.3) is 0 Å². The summed E-state index contributed by atoms with van der Waals surface area (Å²) in [4.78, 5) is 47.3. The van der Waals surface area contributed by atoms with E-state index in [-0.39, 0.29) is 30.2 Å². The number of amides is 3. The quantitative estimate of drug-likeness (QED) is 0.266. The molecule has 3 aliphatic rings. The molecule has 37 heavy (non-hydrogen) atoms. The molecule has 208 valence electrons. The summed E-state index contributed by atoms with van der Waals surface area (Å²) in [5.41, 5.74) is -1.83. The summed E-state index contributed by atoms with van der Waals surface area (Å²) < 4.78 is 6.82. The maximum atomic E-state index is 14.2. The van der Waals surface area contributed by atoms with Crippen molar-refractivity contribution in [1.82, 2.24) is 14.7 Å². The zero-order chi connectivity index (χ0) is 27.4. The Labute approximate surface area is 222 Å². The molecule has 0 aliphatic carbocycles. The average Bonchev–Trinajstić information content (AvgIpc) is 3.37. The van der Waals surface area contributed by atoms with E-state index >= 15 is 0 Å². The van der Waals surface area contributed by atoms with Crippen molar-refractivity contribution in [2.75, 3.05) is 39.8 Å². The van der Waals surface area contributed by atoms with Gasteiger partial charge in [-0.3, -0.25) is 14.4 Å². The van der Waals surface area contributed by atoms with Crippen molar-refractivity contribution in [2.24, 2.45) is 17.8 Å². The summed E-state index contributed by atoms with van der Waals surface area (Å²) in [5.74, 6) is -1.69. The first-order chi connectivity index (χ1) is 17.6. The lowest BCUT2D eigenvalue weighted by Gasteiger charge is -2.38. The van der Waals surface area contributed by atoms with E-state index in [2.05, 4.69) is 27.0 Å². The van der Waals surface area contributed by atoms with E-state index < -0.39 is 29.1 Å². The summed E-state index contributed by atoms with van der Waals surface area (Å²) in [6.07, 6.45) is 8.96. The highest BCUT2D eigenvalue weighted by Crippen LogP contribution is 2.65. The van der Waals surface area contributed by atoms with Gasteiger partial charge >= 0.3 is 0 Å². The van der Waals surface area contributed by atoms with Gasteiger partial charge in [-0.2, -0.15) is 0 Å². The summed E-state index contributed by atoms with van der Waals surface area (Å²) in [6.45, 7) is 15.7. The van der Waals surface area contributed by atoms with Gasteiger partial charge in [0, 0.05) is 39.8 Å². The number of ether oxygens (including phenoxy) is 1. The molecule has 6 atom stereocenters. The maximum absolute atomic E-state index is 14.2. The van der Waals surface area contributed by atoms with Crippen molar-refractivity contribution in [2.45, 2.75) is 83.0 Å². The monoisotopic (exact) mass is 517 g/mol. The number of nitrogens with zero attached hydrogens (tertiary/aromatic N) is 3. The topological polar surface area (TPSA) is 90.4 Å². The van der Waals surface area contributed by atoms with E-state index in [1.54, 1.807) is 33.9 Å². The van der Waals surface area contributed by atoms with Crippen molar-refractivity contribution in [3.8, 4) is 0 Å². The van der Waals surface area contributed by atoms with Gasteiger partial charge in [0.25, 0.3) is 0 Å². The Morgan fingerprint density at radius 3 is 2.43 bits per heavy atom. The molecule has 0 aromatic heterocycles. The van der Waals surface area contributed by atoms with Gasteiger partial charge in [0.2, 0.25) is 17.7 Å². The lowest BCUT2D eigenvalue weighted by Crippen LogP contribution is -2.57. The Kier molecular flexibility index (Phi) is 9.62. The van der Waals surface area contributed by atoms with Crippen LogP contribution >= 0.6 is 0 Å². The SMILES string of the molecule is C=CCN(C)C(=O)[C@@H]1[C@H]2C(=O)N(CCCCCCO)C(C(=O)N(CC=C)CCCC)C23CC(C)[C@@]1(C)O3. The molecule has 0 aromatic rings. The first kappa shape index (κ1) is 29.4. The third-order valence-corrected chi connectivity index (χ3v) is 8.84. The molecule has 2 bridgehead atoms. The number of hydrogen-bond acceptors (Lipinski definition) is 5. The molecule has 0 aromatic carbocycles. The van der Waals surface area contributed by atoms with Crippen molar-refractivity contribution >= 4 is 17.7 Å². The Balaban J connectivity index is 2.02. The van der Waals surface area contributed by atoms with Gasteiger partial charge in [0.15, 0.2) is 0 Å². The number of carbonyl (C=O) groups excluding carboxylic acids is 3. The minimum absolute atomic E-state index is 0.0194. The number of carbonyl (C=O) groups is 3. The van der Waals surface area contributed by atoms with Gasteiger partial charge in [-0.1, -0.05) is 45.3 Å². The second-order valence-electron chi connectivity index (χ2n) is 11.3. The van der Waals surface area contributed by atoms with Crippen LogP contribution in [-0.4, -0.2) is 94.6 Å². The zero-order valence-corrected chi connectivity index (χ0v) is 23.3. The minimum Gasteiger partial charge on any atom is -0.396 e. The molecule has 1 spiro atoms. The number of likely N-dealkylation sites (tertiary alicyclic amines) is 1. The molecular weight excluding hydrogens is 470 g/mol. The van der Waals surface area contributed by atoms with Crippen molar-refractivity contribution in [3.05, 3.63) is 25.3 Å². The third-order valence-electron chi connectivity index (χ3n) is 8.84. The highest BCUT2D eigenvalue weighted by atomic mass is 16.5. The molecule has 1 N–H and O–H groups in total. The number of hydrogen-bond donors (Lipinski definition) is 1. The van der Waals surface area contributed by atoms with E-state index in [4.69, 9.17) is 9.84 Å². The van der Waals surface area contributed by atoms with E-state index in [0.717, 1.165) is 38.5 Å². The van der Waals surface area contributed by atoms with Crippen LogP contribution in [0.5, 0.6) is 0 Å². The summed E-state index contributed by atoms with van der Waals surface area (Å²) in [5, 5.41) is 9.13. The molecule has 3 rings (SSSR count). The Morgan fingerprint density at radius 1 is 1.14 bits per heavy atom. The fraction of sp³-hybridized carbons (Fsp3) is 0.759. The van der Waals surface area contributed by atoms with Gasteiger partial charge in [0.05, 0.1) is 17.4 Å². The molecule has 3 amide bonds. The van der Waals surface area contributed by atoms with Crippen LogP contribution in [0.15, 0.2) is 25.3 Å². The van der Waals surface area contributed by atoms with E-state index in [0.29, 0.717) is 32.6 Å². The minimum atomic E-state index is -1.02. The molecule has 3 aliphatic heterocycles. The zero-order valence-electron chi connectivity index (χ0n) is 23.3. The average molecular weight is 518 g/mol. The van der Waals surface area contributed by atoms with Crippen LogP contribution in [0, 0.1) is 17.8 Å². The van der Waals surface area contributed by atoms with Gasteiger partial charge in [-0.05, 0) is 38.5 Å². The van der Waals surface area contributed by atoms with E-state index in [9.17, 15) is 14.4 Å². The molecule has 3 heterocycles. The fourth-order valence-electron chi connectivity index (χ4n) is 6.87. The Bertz CT molecular complexity index is 878. The van der Waals surface area contributed by atoms with Crippen LogP contribution in [-0.2, 0) is 19.1 Å². The summed E-state index contributed by atoms with van der Waals surface area (Å²) in [6, 6.07) is -0.758. The smallest absolute Gasteiger partial charge is 0.248 e. The number of aliphatic hydroxyl groups is 1. The van der Waals surface area contributed by atoms with E-state index in [1.807, 2.05) is 6.92 Å². The van der Waals surface area contributed by atoms with Gasteiger partial charge in [-0.15, -0.1) is 13.2 Å². The number of fused-ring (bicyclic) bond motifs is 1. The first-order valence-corrected chi connectivity index (χ1v) is 14.0. The molecule has 8 nitrogen and oxygen atoms in total. The summed E-state index contributed by atoms with van der Waals surface area (Å²) >= 11 is 0. The predicted octanol–water partition coefficient (Wildman–Crippen LogP) is 3.01. The Hall–Kier alpha value is -2.19. The normalized spacial score (nSPS) is 31.9. The van der Waals surface area contributed by atoms with Crippen LogP contribution in [0.4, 0.5) is 0 Å². The van der Waals surface area contributed by atoms with Gasteiger partial charge in [0.1, 0.15) is 11.6 Å². The molecule has 3 unspecified atom stereocenters. The van der Waals surface area contributed by atoms with Gasteiger partial charge in [-0.25, -0.2) is 0 Å². The van der Waals surface area contributed by atoms with Gasteiger partial charge < -0.3 is 24.5 Å². The van der Waals surface area contributed by atoms with Crippen molar-refractivity contribution in [3.63, 3.8) is 0 Å². The van der Waals surface area contributed by atoms with E-state index in [1.165, 1.54) is 0 Å². The number of aliphatic hydroxyl groups excluding tert-OH is 1. The second kappa shape index (κ2) is 12.1. The molecule has 3 fully saturated rings. The van der Waals surface area contributed by atoms with Crippen LogP contribution in [0.1, 0.15) is 65.7 Å². The molecular formula is C29H47N3O5.